The first-order chi connectivity index (χ1) is 53.9. The molecule has 0 amide bonds. The first kappa shape index (κ1) is 71.9. The van der Waals surface area contributed by atoms with Crippen LogP contribution in [0.2, 0.25) is 0 Å². The van der Waals surface area contributed by atoms with Gasteiger partial charge < -0.3 is 37.2 Å². The minimum Gasteiger partial charge on any atom is -0.493 e. The molecule has 0 atom stereocenters. The number of halogens is 2. The van der Waals surface area contributed by atoms with Gasteiger partial charge in [-0.3, -0.25) is 0 Å². The number of benzene rings is 12. The van der Waals surface area contributed by atoms with Gasteiger partial charge in [0.25, 0.3) is 0 Å². The third-order valence-corrected chi connectivity index (χ3v) is 24.1. The average Bonchev–Trinajstić information content (AvgIpc) is 1.57. The second-order valence-electron chi connectivity index (χ2n) is 30.2. The molecule has 0 bridgehead atoms. The molecule has 0 radical (unpaired) electrons. The zero-order valence-corrected chi connectivity index (χ0v) is 65.6. The summed E-state index contributed by atoms with van der Waals surface area (Å²) in [6.07, 6.45) is 18.5. The Balaban J connectivity index is 0.620. The molecule has 4 aromatic heterocycles. The van der Waals surface area contributed by atoms with Crippen LogP contribution in [-0.2, 0) is 44.4 Å². The van der Waals surface area contributed by atoms with Crippen molar-refractivity contribution in [3.8, 4) is 34.1 Å². The Bertz CT molecular complexity index is 5010. The molecule has 0 unspecified atom stereocenters. The highest BCUT2D eigenvalue weighted by Crippen LogP contribution is 2.55. The molecule has 0 fully saturated rings. The van der Waals surface area contributed by atoms with Crippen molar-refractivity contribution >= 4 is 119 Å². The minimum absolute atomic E-state index is 0.524. The van der Waals surface area contributed by atoms with Crippen molar-refractivity contribution in [2.75, 3.05) is 26.4 Å². The summed E-state index contributed by atoms with van der Waals surface area (Å²) in [6.45, 7) is 6.47. The average molecular weight is 1570 g/mol. The lowest BCUT2D eigenvalue weighted by atomic mass is 9.69. The van der Waals surface area contributed by atoms with Gasteiger partial charge in [-0.2, -0.15) is 0 Å². The van der Waals surface area contributed by atoms with Gasteiger partial charge in [-0.15, -0.1) is 0 Å². The lowest BCUT2D eigenvalue weighted by Gasteiger charge is -2.34. The van der Waals surface area contributed by atoms with Crippen molar-refractivity contribution in [3.63, 3.8) is 0 Å². The fourth-order valence-electron chi connectivity index (χ4n) is 18.0. The van der Waals surface area contributed by atoms with Gasteiger partial charge in [0.05, 0.1) is 26.4 Å². The number of aryl methyl sites for hydroxylation is 4. The summed E-state index contributed by atoms with van der Waals surface area (Å²) >= 11 is 8.04. The molecule has 109 heavy (non-hydrogen) atoms. The monoisotopic (exact) mass is 1560 g/mol. The van der Waals surface area contributed by atoms with Gasteiger partial charge in [0, 0.05) is 140 Å². The zero-order chi connectivity index (χ0) is 73.3. The van der Waals surface area contributed by atoms with E-state index in [-0.39, 0.29) is 0 Å². The summed E-state index contributed by atoms with van der Waals surface area (Å²) in [6, 6.07) is 98.1. The van der Waals surface area contributed by atoms with Crippen LogP contribution in [0.15, 0.2) is 276 Å². The molecule has 17 rings (SSSR count). The van der Waals surface area contributed by atoms with E-state index in [2.05, 4.69) is 317 Å². The summed E-state index contributed by atoms with van der Waals surface area (Å²) in [5, 5.41) is 10.6. The first-order valence-corrected chi connectivity index (χ1v) is 41.7. The van der Waals surface area contributed by atoms with Crippen molar-refractivity contribution in [1.82, 2.24) is 18.3 Å². The van der Waals surface area contributed by atoms with Crippen molar-refractivity contribution in [3.05, 3.63) is 298 Å². The van der Waals surface area contributed by atoms with E-state index >= 15 is 0 Å². The van der Waals surface area contributed by atoms with Crippen molar-refractivity contribution < 1.29 is 18.9 Å². The van der Waals surface area contributed by atoms with E-state index in [4.69, 9.17) is 18.9 Å². The number of hydrogen-bond acceptors (Lipinski definition) is 4. The molecule has 4 heterocycles. The predicted octanol–water partition coefficient (Wildman–Crippen LogP) is 27.0. The normalized spacial score (nSPS) is 12.6. The Morgan fingerprint density at radius 3 is 0.688 bits per heavy atom. The number of hydrogen-bond donors (Lipinski definition) is 0. The van der Waals surface area contributed by atoms with Gasteiger partial charge in [0.15, 0.2) is 0 Å². The van der Waals surface area contributed by atoms with Gasteiger partial charge in [0.2, 0.25) is 0 Å². The van der Waals surface area contributed by atoms with Crippen LogP contribution in [-0.4, -0.2) is 44.7 Å². The summed E-state index contributed by atoms with van der Waals surface area (Å²) in [5.74, 6) is 3.41. The molecule has 0 saturated heterocycles. The smallest absolute Gasteiger partial charge is 0.123 e. The van der Waals surface area contributed by atoms with Crippen LogP contribution in [0, 0.1) is 0 Å². The van der Waals surface area contributed by atoms with Crippen LogP contribution in [0.4, 0.5) is 0 Å². The zero-order valence-electron chi connectivity index (χ0n) is 62.5. The highest BCUT2D eigenvalue weighted by molar-refractivity contribution is 9.10. The maximum Gasteiger partial charge on any atom is 0.123 e. The summed E-state index contributed by atoms with van der Waals surface area (Å²) in [7, 11) is 0. The molecule has 0 aliphatic heterocycles. The highest BCUT2D eigenvalue weighted by Gasteiger charge is 2.44. The molecule has 1 aliphatic carbocycles. The molecule has 0 spiro atoms. The molecule has 16 aromatic rings. The SMILES string of the molecule is Brc1ccc2c(c1)C(Cc1cc(OCCCCCCn3c4ccccc4c4ccccc43)cc(OCCCCCCn3c4ccccc4c4ccccc43)c1)(Cc1cc(OCCCCCCn3c4ccccc4c4ccccc43)cc(OCCCCCCn3c4ccccc4c4ccccc43)c1)c1cc(Br)ccc1-2. The van der Waals surface area contributed by atoms with E-state index in [1.165, 1.54) is 121 Å². The van der Waals surface area contributed by atoms with Crippen LogP contribution in [0.1, 0.15) is 125 Å². The summed E-state index contributed by atoms with van der Waals surface area (Å²) in [4.78, 5) is 0. The fourth-order valence-corrected chi connectivity index (χ4v) is 18.7. The summed E-state index contributed by atoms with van der Waals surface area (Å²) < 4.78 is 39.9. The van der Waals surface area contributed by atoms with Gasteiger partial charge in [-0.1, -0.05) is 241 Å². The quantitative estimate of drug-likeness (QED) is 0.0367. The standard InChI is InChI=1S/C99H96Br2N4O4/c100-73-49-51-79-80-52-50-74(101)66-90(80)99(89(79)65-73,69-71-61-75(106-57-29-5-1-25-53-102-91-41-17-9-33-81(91)82-34-10-18-42-92(82)102)67-76(62-71)107-58-30-6-2-26-54-103-93-43-19-11-35-83(93)84-36-12-20-44-94(84)103)70-72-63-77(108-59-31-7-3-27-55-104-95-45-21-13-37-85(95)86-38-14-22-46-96(86)104)68-78(64-72)109-60-32-8-4-28-56-105-97-47-23-15-39-87(97)88-40-16-24-48-98(88)105/h9-24,33-52,61-68H,1-8,25-32,53-60,69-70H2. The minimum atomic E-state index is -0.524. The number of ether oxygens (including phenoxy) is 4. The highest BCUT2D eigenvalue weighted by atomic mass is 79.9. The Morgan fingerprint density at radius 2 is 0.450 bits per heavy atom. The third-order valence-electron chi connectivity index (χ3n) is 23.1. The fraction of sp³-hybridized carbons (Fsp3) is 0.273. The molecule has 0 saturated carbocycles. The summed E-state index contributed by atoms with van der Waals surface area (Å²) in [5.41, 5.74) is 17.4. The maximum absolute atomic E-state index is 6.93. The molecule has 1 aliphatic rings. The van der Waals surface area contributed by atoms with Crippen LogP contribution in [0.25, 0.3) is 98.4 Å². The van der Waals surface area contributed by atoms with Gasteiger partial charge in [-0.25, -0.2) is 0 Å². The number of nitrogens with zero attached hydrogens (tertiary/aromatic N) is 4. The maximum atomic E-state index is 6.93. The number of rotatable bonds is 36. The largest absolute Gasteiger partial charge is 0.493 e. The predicted molar refractivity (Wildman–Crippen MR) is 462 cm³/mol. The lowest BCUT2D eigenvalue weighted by molar-refractivity contribution is 0.288. The molecular weight excluding hydrogens is 1470 g/mol. The molecule has 10 heteroatoms. The van der Waals surface area contributed by atoms with Gasteiger partial charge >= 0.3 is 0 Å². The van der Waals surface area contributed by atoms with E-state index in [0.29, 0.717) is 39.3 Å². The van der Waals surface area contributed by atoms with Crippen molar-refractivity contribution in [1.29, 1.82) is 0 Å². The number of aromatic nitrogens is 4. The van der Waals surface area contributed by atoms with E-state index in [0.717, 1.165) is 161 Å². The van der Waals surface area contributed by atoms with E-state index in [9.17, 15) is 0 Å². The van der Waals surface area contributed by atoms with Crippen LogP contribution in [0.5, 0.6) is 23.0 Å². The van der Waals surface area contributed by atoms with E-state index in [1.54, 1.807) is 0 Å². The van der Waals surface area contributed by atoms with Crippen molar-refractivity contribution in [2.45, 2.75) is 147 Å². The Hall–Kier alpha value is -10.0. The van der Waals surface area contributed by atoms with E-state index < -0.39 is 5.41 Å². The van der Waals surface area contributed by atoms with Crippen LogP contribution < -0.4 is 18.9 Å². The Labute approximate surface area is 657 Å². The molecule has 12 aromatic carbocycles. The van der Waals surface area contributed by atoms with Gasteiger partial charge in [0.1, 0.15) is 23.0 Å². The Kier molecular flexibility index (Phi) is 22.1. The third kappa shape index (κ3) is 15.4. The Morgan fingerprint density at radius 1 is 0.229 bits per heavy atom. The second-order valence-corrected chi connectivity index (χ2v) is 32.1. The van der Waals surface area contributed by atoms with E-state index in [1.807, 2.05) is 0 Å². The second kappa shape index (κ2) is 33.5. The van der Waals surface area contributed by atoms with Crippen molar-refractivity contribution in [2.24, 2.45) is 0 Å². The molecule has 550 valence electrons. The lowest BCUT2D eigenvalue weighted by Crippen LogP contribution is -2.31. The number of fused-ring (bicyclic) bond motifs is 15. The van der Waals surface area contributed by atoms with Crippen LogP contribution in [0.3, 0.4) is 0 Å². The first-order valence-electron chi connectivity index (χ1n) is 40.1. The van der Waals surface area contributed by atoms with Gasteiger partial charge in [-0.05, 0) is 195 Å². The number of para-hydroxylation sites is 8. The number of unbranched alkanes of at least 4 members (excludes halogenated alkanes) is 12. The molecule has 8 nitrogen and oxygen atoms in total. The molecule has 0 N–H and O–H groups in total. The van der Waals surface area contributed by atoms with Crippen LogP contribution >= 0.6 is 31.9 Å². The topological polar surface area (TPSA) is 56.6 Å². The molecular formula is C99H96Br2N4O4.